The topological polar surface area (TPSA) is 95.4 Å². The van der Waals surface area contributed by atoms with Crippen molar-refractivity contribution in [1.29, 1.82) is 0 Å². The maximum atomic E-state index is 12.4. The van der Waals surface area contributed by atoms with Crippen LogP contribution >= 0.6 is 0 Å². The second-order valence-corrected chi connectivity index (χ2v) is 8.28. The molecule has 2 heterocycles. The van der Waals surface area contributed by atoms with E-state index in [0.717, 1.165) is 25.9 Å². The van der Waals surface area contributed by atoms with E-state index >= 15 is 0 Å². The summed E-state index contributed by atoms with van der Waals surface area (Å²) in [5.41, 5.74) is 0.728. The Bertz CT molecular complexity index is 871. The van der Waals surface area contributed by atoms with Crippen molar-refractivity contribution >= 4 is 21.1 Å². The smallest absolute Gasteiger partial charge is 0.408 e. The highest BCUT2D eigenvalue weighted by molar-refractivity contribution is 7.89. The van der Waals surface area contributed by atoms with E-state index in [0.29, 0.717) is 18.1 Å². The van der Waals surface area contributed by atoms with E-state index in [-0.39, 0.29) is 10.5 Å². The van der Waals surface area contributed by atoms with Crippen LogP contribution in [0.1, 0.15) is 39.0 Å². The molecule has 1 aliphatic rings. The number of rotatable bonds is 7. The minimum Gasteiger partial charge on any atom is -0.408 e. The van der Waals surface area contributed by atoms with Crippen molar-refractivity contribution in [3.05, 3.63) is 28.7 Å². The zero-order valence-electron chi connectivity index (χ0n) is 14.5. The second kappa shape index (κ2) is 7.72. The molecule has 1 aliphatic heterocycles. The maximum absolute atomic E-state index is 12.4. The van der Waals surface area contributed by atoms with Crippen LogP contribution in [0.25, 0.3) is 11.1 Å². The fraction of sp³-hybridized carbons (Fsp3) is 0.588. The molecule has 1 aromatic carbocycles. The Labute approximate surface area is 147 Å². The van der Waals surface area contributed by atoms with Crippen molar-refractivity contribution in [3.63, 3.8) is 0 Å². The molecule has 3 rings (SSSR count). The predicted molar refractivity (Wildman–Crippen MR) is 96.1 cm³/mol. The Morgan fingerprint density at radius 3 is 3.00 bits per heavy atom. The van der Waals surface area contributed by atoms with Crippen molar-refractivity contribution in [3.8, 4) is 0 Å². The number of benzene rings is 1. The first-order valence-corrected chi connectivity index (χ1v) is 10.3. The highest BCUT2D eigenvalue weighted by Crippen LogP contribution is 2.19. The van der Waals surface area contributed by atoms with E-state index in [9.17, 15) is 13.2 Å². The summed E-state index contributed by atoms with van der Waals surface area (Å²) >= 11 is 0. The number of hydrogen-bond acceptors (Lipinski definition) is 5. The summed E-state index contributed by atoms with van der Waals surface area (Å²) in [7, 11) is -3.61. The molecule has 0 radical (unpaired) electrons. The minimum atomic E-state index is -3.61. The largest absolute Gasteiger partial charge is 0.417 e. The number of oxazole rings is 1. The van der Waals surface area contributed by atoms with Crippen LogP contribution in [0.4, 0.5) is 0 Å². The van der Waals surface area contributed by atoms with Gasteiger partial charge in [0.1, 0.15) is 0 Å². The molecule has 1 fully saturated rings. The van der Waals surface area contributed by atoms with Crippen LogP contribution in [0, 0.1) is 0 Å². The van der Waals surface area contributed by atoms with Gasteiger partial charge in [0.25, 0.3) is 0 Å². The van der Waals surface area contributed by atoms with Crippen LogP contribution in [-0.4, -0.2) is 44.0 Å². The molecule has 8 heteroatoms. The molecule has 0 saturated carbocycles. The third-order valence-corrected chi connectivity index (χ3v) is 6.30. The third-order valence-electron chi connectivity index (χ3n) is 4.84. The normalized spacial score (nSPS) is 19.5. The molecule has 0 aliphatic carbocycles. The molecule has 0 spiro atoms. The SMILES string of the molecule is CCC1CCCCN1CCCNS(=O)(=O)c1ccc2[nH]c(=O)oc2c1. The number of fused-ring (bicyclic) bond motifs is 1. The van der Waals surface area contributed by atoms with Gasteiger partial charge in [-0.25, -0.2) is 17.9 Å². The van der Waals surface area contributed by atoms with Gasteiger partial charge in [-0.05, 0) is 50.9 Å². The van der Waals surface area contributed by atoms with Gasteiger partial charge < -0.3 is 9.32 Å². The molecule has 2 N–H and O–H groups in total. The highest BCUT2D eigenvalue weighted by Gasteiger charge is 2.20. The quantitative estimate of drug-likeness (QED) is 0.730. The van der Waals surface area contributed by atoms with Gasteiger partial charge in [-0.3, -0.25) is 4.98 Å². The van der Waals surface area contributed by atoms with Gasteiger partial charge >= 0.3 is 5.76 Å². The molecule has 1 unspecified atom stereocenters. The summed E-state index contributed by atoms with van der Waals surface area (Å²) in [5, 5.41) is 0. The molecule has 25 heavy (non-hydrogen) atoms. The lowest BCUT2D eigenvalue weighted by Crippen LogP contribution is -2.40. The highest BCUT2D eigenvalue weighted by atomic mass is 32.2. The van der Waals surface area contributed by atoms with Crippen LogP contribution in [0.15, 0.2) is 32.3 Å². The Morgan fingerprint density at radius 2 is 2.20 bits per heavy atom. The van der Waals surface area contributed by atoms with Crippen LogP contribution in [0.3, 0.4) is 0 Å². The third kappa shape index (κ3) is 4.31. The van der Waals surface area contributed by atoms with Crippen LogP contribution < -0.4 is 10.5 Å². The van der Waals surface area contributed by atoms with Crippen LogP contribution in [0.5, 0.6) is 0 Å². The van der Waals surface area contributed by atoms with E-state index in [2.05, 4.69) is 21.5 Å². The lowest BCUT2D eigenvalue weighted by atomic mass is 10.00. The number of aromatic nitrogens is 1. The first-order chi connectivity index (χ1) is 12.0. The molecule has 138 valence electrons. The number of likely N-dealkylation sites (tertiary alicyclic amines) is 1. The van der Waals surface area contributed by atoms with E-state index in [1.165, 1.54) is 37.5 Å². The zero-order valence-corrected chi connectivity index (χ0v) is 15.3. The summed E-state index contributed by atoms with van der Waals surface area (Å²) in [5.74, 6) is -0.593. The van der Waals surface area contributed by atoms with Crippen molar-refractivity contribution in [2.45, 2.75) is 50.0 Å². The number of hydrogen-bond donors (Lipinski definition) is 2. The van der Waals surface area contributed by atoms with E-state index in [1.807, 2.05) is 0 Å². The molecule has 7 nitrogen and oxygen atoms in total. The summed E-state index contributed by atoms with van der Waals surface area (Å²) in [6.07, 6.45) is 5.68. The summed E-state index contributed by atoms with van der Waals surface area (Å²) in [6, 6.07) is 5.00. The Balaban J connectivity index is 1.56. The lowest BCUT2D eigenvalue weighted by Gasteiger charge is -2.35. The maximum Gasteiger partial charge on any atom is 0.417 e. The van der Waals surface area contributed by atoms with Crippen molar-refractivity contribution in [1.82, 2.24) is 14.6 Å². The van der Waals surface area contributed by atoms with Gasteiger partial charge in [0.05, 0.1) is 10.4 Å². The number of piperidine rings is 1. The molecular weight excluding hydrogens is 342 g/mol. The molecule has 1 saturated heterocycles. The number of H-pyrrole nitrogens is 1. The molecule has 0 bridgehead atoms. The van der Waals surface area contributed by atoms with Gasteiger partial charge in [-0.2, -0.15) is 0 Å². The Hall–Kier alpha value is -1.64. The number of nitrogens with zero attached hydrogens (tertiary/aromatic N) is 1. The molecule has 1 atom stereocenters. The predicted octanol–water partition coefficient (Wildman–Crippen LogP) is 2.05. The Morgan fingerprint density at radius 1 is 1.36 bits per heavy atom. The van der Waals surface area contributed by atoms with Gasteiger partial charge in [0.15, 0.2) is 5.58 Å². The average Bonchev–Trinajstić information content (AvgIpc) is 2.98. The van der Waals surface area contributed by atoms with Crippen molar-refractivity contribution in [2.24, 2.45) is 0 Å². The number of sulfonamides is 1. The van der Waals surface area contributed by atoms with Crippen molar-refractivity contribution in [2.75, 3.05) is 19.6 Å². The number of nitrogens with one attached hydrogen (secondary N) is 2. The summed E-state index contributed by atoms with van der Waals surface area (Å²) in [6.45, 7) is 4.62. The van der Waals surface area contributed by atoms with Gasteiger partial charge in [0, 0.05) is 18.7 Å². The van der Waals surface area contributed by atoms with Crippen LogP contribution in [0.2, 0.25) is 0 Å². The monoisotopic (exact) mass is 367 g/mol. The fourth-order valence-corrected chi connectivity index (χ4v) is 4.57. The number of aromatic amines is 1. The van der Waals surface area contributed by atoms with Crippen molar-refractivity contribution < 1.29 is 12.8 Å². The summed E-state index contributed by atoms with van der Waals surface area (Å²) in [4.78, 5) is 16.2. The fourth-order valence-electron chi connectivity index (χ4n) is 3.48. The molecule has 1 aromatic heterocycles. The second-order valence-electron chi connectivity index (χ2n) is 6.52. The standard InChI is InChI=1S/C17H25N3O4S/c1-2-13-6-3-4-10-20(13)11-5-9-18-25(22,23)14-7-8-15-16(12-14)24-17(21)19-15/h7-8,12-13,18H,2-6,9-11H2,1H3,(H,19,21). The van der Waals surface area contributed by atoms with Crippen LogP contribution in [-0.2, 0) is 10.0 Å². The minimum absolute atomic E-state index is 0.104. The molecule has 2 aromatic rings. The average molecular weight is 367 g/mol. The lowest BCUT2D eigenvalue weighted by molar-refractivity contribution is 0.143. The van der Waals surface area contributed by atoms with Gasteiger partial charge in [-0.15, -0.1) is 0 Å². The van der Waals surface area contributed by atoms with Gasteiger partial charge in [-0.1, -0.05) is 13.3 Å². The summed E-state index contributed by atoms with van der Waals surface area (Å²) < 4.78 is 32.4. The van der Waals surface area contributed by atoms with E-state index in [1.54, 1.807) is 0 Å². The molecular formula is C17H25N3O4S. The van der Waals surface area contributed by atoms with E-state index in [4.69, 9.17) is 4.42 Å². The first kappa shape index (κ1) is 18.2. The zero-order chi connectivity index (χ0) is 17.9. The first-order valence-electron chi connectivity index (χ1n) is 8.86. The van der Waals surface area contributed by atoms with Gasteiger partial charge in [0.2, 0.25) is 10.0 Å². The molecule has 0 amide bonds. The van der Waals surface area contributed by atoms with E-state index < -0.39 is 15.8 Å². The Kier molecular flexibility index (Phi) is 5.61.